The van der Waals surface area contributed by atoms with Crippen LogP contribution >= 0.6 is 12.6 Å². The van der Waals surface area contributed by atoms with E-state index in [0.29, 0.717) is 11.3 Å². The summed E-state index contributed by atoms with van der Waals surface area (Å²) in [6.45, 7) is 0. The number of amides is 1. The summed E-state index contributed by atoms with van der Waals surface area (Å²) in [6, 6.07) is 6.93. The molecule has 62 valence electrons. The van der Waals surface area contributed by atoms with Crippen LogP contribution in [0.2, 0.25) is 0 Å². The highest BCUT2D eigenvalue weighted by Crippen LogP contribution is 2.37. The Balaban J connectivity index is 2.63. The lowest BCUT2D eigenvalue weighted by molar-refractivity contribution is -0.125. The van der Waals surface area contributed by atoms with Gasteiger partial charge in [0.15, 0.2) is 0 Å². The van der Waals surface area contributed by atoms with Gasteiger partial charge in [-0.3, -0.25) is 4.79 Å². The summed E-state index contributed by atoms with van der Waals surface area (Å²) in [5.74, 6) is -0.493. The number of carbonyl (C=O) groups excluding carboxylic acids is 1. The van der Waals surface area contributed by atoms with Crippen LogP contribution in [0, 0.1) is 0 Å². The molecular formula is C8H7NO2S. The van der Waals surface area contributed by atoms with Crippen molar-refractivity contribution in [3.05, 3.63) is 29.8 Å². The van der Waals surface area contributed by atoms with Crippen molar-refractivity contribution in [2.24, 2.45) is 0 Å². The third kappa shape index (κ3) is 0.852. The van der Waals surface area contributed by atoms with Crippen molar-refractivity contribution in [2.45, 2.75) is 4.93 Å². The summed E-state index contributed by atoms with van der Waals surface area (Å²) in [7, 11) is 0. The standard InChI is InChI=1S/C8H7NO2S/c10-7-8(11,12)5-3-1-2-4-6(5)9-7/h1-4,11-12H,(H,9,10)/t8-/m1/s1. The van der Waals surface area contributed by atoms with E-state index in [-0.39, 0.29) is 0 Å². The van der Waals surface area contributed by atoms with E-state index in [1.165, 1.54) is 0 Å². The molecule has 4 heteroatoms. The molecule has 1 aromatic carbocycles. The minimum atomic E-state index is -1.67. The largest absolute Gasteiger partial charge is 0.367 e. The van der Waals surface area contributed by atoms with Gasteiger partial charge in [-0.2, -0.15) is 0 Å². The molecule has 1 aliphatic rings. The molecule has 1 heterocycles. The van der Waals surface area contributed by atoms with Crippen molar-refractivity contribution >= 4 is 24.2 Å². The van der Waals surface area contributed by atoms with Gasteiger partial charge >= 0.3 is 0 Å². The van der Waals surface area contributed by atoms with E-state index in [4.69, 9.17) is 0 Å². The number of nitrogens with one attached hydrogen (secondary N) is 1. The van der Waals surface area contributed by atoms with Gasteiger partial charge in [0.05, 0.1) is 0 Å². The number of hydrogen-bond acceptors (Lipinski definition) is 3. The molecule has 1 amide bonds. The minimum Gasteiger partial charge on any atom is -0.367 e. The summed E-state index contributed by atoms with van der Waals surface area (Å²) in [5.41, 5.74) is 1.14. The van der Waals surface area contributed by atoms with E-state index < -0.39 is 10.8 Å². The van der Waals surface area contributed by atoms with Gasteiger partial charge in [-0.25, -0.2) is 0 Å². The van der Waals surface area contributed by atoms with Crippen LogP contribution in [-0.4, -0.2) is 11.0 Å². The van der Waals surface area contributed by atoms with E-state index in [9.17, 15) is 9.90 Å². The monoisotopic (exact) mass is 181 g/mol. The van der Waals surface area contributed by atoms with E-state index in [1.54, 1.807) is 24.3 Å². The normalized spacial score (nSPS) is 26.7. The first-order valence-corrected chi connectivity index (χ1v) is 3.93. The highest BCUT2D eigenvalue weighted by molar-refractivity contribution is 7.82. The summed E-state index contributed by atoms with van der Waals surface area (Å²) in [4.78, 5) is 9.45. The fraction of sp³-hybridized carbons (Fsp3) is 0.125. The molecule has 1 aromatic rings. The molecule has 2 N–H and O–H groups in total. The quantitative estimate of drug-likeness (QED) is 0.408. The van der Waals surface area contributed by atoms with Crippen molar-refractivity contribution in [1.29, 1.82) is 0 Å². The number of carbonyl (C=O) groups is 1. The second-order valence-corrected chi connectivity index (χ2v) is 3.32. The summed E-state index contributed by atoms with van der Waals surface area (Å²) >= 11 is 3.87. The first-order chi connectivity index (χ1) is 5.62. The number of thiol groups is 1. The Morgan fingerprint density at radius 1 is 1.42 bits per heavy atom. The Kier molecular flexibility index (Phi) is 1.43. The summed E-state index contributed by atoms with van der Waals surface area (Å²) < 4.78 is 0. The van der Waals surface area contributed by atoms with Crippen LogP contribution < -0.4 is 5.32 Å². The van der Waals surface area contributed by atoms with Gasteiger partial charge in [0.25, 0.3) is 5.91 Å². The average Bonchev–Trinajstić information content (AvgIpc) is 2.25. The van der Waals surface area contributed by atoms with Crippen LogP contribution in [0.3, 0.4) is 0 Å². The lowest BCUT2D eigenvalue weighted by atomic mass is 10.1. The molecule has 3 nitrogen and oxygen atoms in total. The topological polar surface area (TPSA) is 49.3 Å². The van der Waals surface area contributed by atoms with Gasteiger partial charge in [-0.15, -0.1) is 12.6 Å². The predicted molar refractivity (Wildman–Crippen MR) is 48.0 cm³/mol. The second kappa shape index (κ2) is 2.24. The third-order valence-corrected chi connectivity index (χ3v) is 2.31. The van der Waals surface area contributed by atoms with Crippen molar-refractivity contribution in [1.82, 2.24) is 0 Å². The number of fused-ring (bicyclic) bond motifs is 1. The SMILES string of the molecule is O=C1Nc2ccccc2[C@@]1(O)S. The Bertz CT molecular complexity index is 349. The maximum Gasteiger partial charge on any atom is 0.271 e. The van der Waals surface area contributed by atoms with Gasteiger partial charge < -0.3 is 10.4 Å². The van der Waals surface area contributed by atoms with Crippen molar-refractivity contribution in [2.75, 3.05) is 5.32 Å². The Hall–Kier alpha value is -1.00. The minimum absolute atomic E-state index is 0.493. The van der Waals surface area contributed by atoms with Crippen LogP contribution in [0.1, 0.15) is 5.56 Å². The van der Waals surface area contributed by atoms with Gasteiger partial charge in [0, 0.05) is 11.3 Å². The average molecular weight is 181 g/mol. The molecule has 0 saturated heterocycles. The molecule has 0 spiro atoms. The summed E-state index contributed by atoms with van der Waals surface area (Å²) in [5, 5.41) is 12.1. The molecule has 0 saturated carbocycles. The molecule has 1 aliphatic heterocycles. The van der Waals surface area contributed by atoms with E-state index in [0.717, 1.165) is 0 Å². The van der Waals surface area contributed by atoms with Gasteiger partial charge in [-0.1, -0.05) is 18.2 Å². The number of anilines is 1. The molecular weight excluding hydrogens is 174 g/mol. The highest BCUT2D eigenvalue weighted by atomic mass is 32.1. The van der Waals surface area contributed by atoms with Crippen molar-refractivity contribution in [3.63, 3.8) is 0 Å². The molecule has 12 heavy (non-hydrogen) atoms. The predicted octanol–water partition coefficient (Wildman–Crippen LogP) is 0.714. The van der Waals surface area contributed by atoms with Crippen molar-refractivity contribution < 1.29 is 9.90 Å². The Morgan fingerprint density at radius 2 is 2.08 bits per heavy atom. The Labute approximate surface area is 74.8 Å². The third-order valence-electron chi connectivity index (χ3n) is 1.87. The number of hydrogen-bond donors (Lipinski definition) is 3. The smallest absolute Gasteiger partial charge is 0.271 e. The molecule has 0 aromatic heterocycles. The van der Waals surface area contributed by atoms with E-state index in [2.05, 4.69) is 17.9 Å². The maximum atomic E-state index is 11.1. The zero-order valence-corrected chi connectivity index (χ0v) is 7.01. The Morgan fingerprint density at radius 3 is 2.75 bits per heavy atom. The lowest BCUT2D eigenvalue weighted by Gasteiger charge is -2.11. The second-order valence-electron chi connectivity index (χ2n) is 2.67. The molecule has 0 aliphatic carbocycles. The number of aliphatic hydroxyl groups is 1. The zero-order valence-electron chi connectivity index (χ0n) is 6.11. The van der Waals surface area contributed by atoms with Crippen LogP contribution in [0.15, 0.2) is 24.3 Å². The van der Waals surface area contributed by atoms with E-state index in [1.807, 2.05) is 0 Å². The summed E-state index contributed by atoms with van der Waals surface area (Å²) in [6.07, 6.45) is 0. The molecule has 0 fully saturated rings. The maximum absolute atomic E-state index is 11.1. The molecule has 1 atom stereocenters. The molecule has 2 rings (SSSR count). The van der Waals surface area contributed by atoms with Crippen LogP contribution in [0.5, 0.6) is 0 Å². The first-order valence-electron chi connectivity index (χ1n) is 3.48. The number of para-hydroxylation sites is 1. The van der Waals surface area contributed by atoms with E-state index >= 15 is 0 Å². The van der Waals surface area contributed by atoms with Crippen LogP contribution in [-0.2, 0) is 9.73 Å². The van der Waals surface area contributed by atoms with Gasteiger partial charge in [0.1, 0.15) is 0 Å². The zero-order chi connectivity index (χ0) is 8.77. The number of benzene rings is 1. The molecule has 0 bridgehead atoms. The molecule has 0 radical (unpaired) electrons. The fourth-order valence-corrected chi connectivity index (χ4v) is 1.48. The van der Waals surface area contributed by atoms with Crippen LogP contribution in [0.25, 0.3) is 0 Å². The first kappa shape index (κ1) is 7.64. The lowest BCUT2D eigenvalue weighted by Crippen LogP contribution is -2.27. The fourth-order valence-electron chi connectivity index (χ4n) is 1.23. The highest BCUT2D eigenvalue weighted by Gasteiger charge is 2.41. The van der Waals surface area contributed by atoms with Gasteiger partial charge in [-0.05, 0) is 6.07 Å². The molecule has 0 unspecified atom stereocenters. The van der Waals surface area contributed by atoms with Crippen LogP contribution in [0.4, 0.5) is 5.69 Å². The van der Waals surface area contributed by atoms with Gasteiger partial charge in [0.2, 0.25) is 4.93 Å². The number of rotatable bonds is 0. The van der Waals surface area contributed by atoms with Crippen molar-refractivity contribution in [3.8, 4) is 0 Å².